The van der Waals surface area contributed by atoms with Gasteiger partial charge in [0, 0.05) is 6.04 Å². The Balaban J connectivity index is 2.42. The molecule has 1 aliphatic rings. The van der Waals surface area contributed by atoms with Gasteiger partial charge in [0.15, 0.2) is 0 Å². The lowest BCUT2D eigenvalue weighted by molar-refractivity contribution is -0.662. The number of amides is 2. The summed E-state index contributed by atoms with van der Waals surface area (Å²) in [4.78, 5) is 24.5. The Morgan fingerprint density at radius 1 is 1.29 bits per heavy atom. The first-order valence-electron chi connectivity index (χ1n) is 5.02. The van der Waals surface area contributed by atoms with Crippen molar-refractivity contribution in [3.05, 3.63) is 0 Å². The molecule has 5 heteroatoms. The van der Waals surface area contributed by atoms with Crippen molar-refractivity contribution in [3.63, 3.8) is 0 Å². The molecule has 0 spiro atoms. The molecule has 0 aromatic heterocycles. The van der Waals surface area contributed by atoms with E-state index in [1.165, 1.54) is 0 Å². The Hall–Kier alpha value is -1.10. The van der Waals surface area contributed by atoms with Gasteiger partial charge in [-0.05, 0) is 13.8 Å². The Labute approximate surface area is 83.8 Å². The third kappa shape index (κ3) is 2.99. The van der Waals surface area contributed by atoms with E-state index in [1.54, 1.807) is 4.90 Å². The van der Waals surface area contributed by atoms with Crippen LogP contribution in [0.15, 0.2) is 0 Å². The maximum Gasteiger partial charge on any atom is 0.312 e. The molecule has 0 aliphatic carbocycles. The SMILES string of the molecule is CC(C)NC(=O)C(=O)N1CC[NH2+]CC1. The normalized spacial score (nSPS) is 16.9. The average molecular weight is 200 g/mol. The topological polar surface area (TPSA) is 66.0 Å². The van der Waals surface area contributed by atoms with Gasteiger partial charge in [-0.15, -0.1) is 0 Å². The van der Waals surface area contributed by atoms with Crippen LogP contribution in [0, 0.1) is 0 Å². The van der Waals surface area contributed by atoms with E-state index in [1.807, 2.05) is 13.8 Å². The number of rotatable bonds is 1. The number of nitrogens with one attached hydrogen (secondary N) is 1. The Kier molecular flexibility index (Phi) is 3.88. The Bertz CT molecular complexity index is 222. The highest BCUT2D eigenvalue weighted by Crippen LogP contribution is 1.91. The molecule has 1 rings (SSSR count). The van der Waals surface area contributed by atoms with Crippen LogP contribution < -0.4 is 10.6 Å². The maximum atomic E-state index is 11.5. The number of nitrogens with two attached hydrogens (primary N) is 1. The van der Waals surface area contributed by atoms with Gasteiger partial charge in [-0.25, -0.2) is 0 Å². The van der Waals surface area contributed by atoms with E-state index >= 15 is 0 Å². The van der Waals surface area contributed by atoms with Crippen molar-refractivity contribution in [2.24, 2.45) is 0 Å². The van der Waals surface area contributed by atoms with Crippen LogP contribution in [0.3, 0.4) is 0 Å². The highest BCUT2D eigenvalue weighted by molar-refractivity contribution is 6.35. The number of hydrogen-bond acceptors (Lipinski definition) is 2. The molecule has 1 heterocycles. The highest BCUT2D eigenvalue weighted by atomic mass is 16.2. The molecule has 0 saturated carbocycles. The van der Waals surface area contributed by atoms with E-state index in [2.05, 4.69) is 10.6 Å². The summed E-state index contributed by atoms with van der Waals surface area (Å²) in [5.74, 6) is -0.881. The third-order valence-electron chi connectivity index (χ3n) is 2.11. The summed E-state index contributed by atoms with van der Waals surface area (Å²) in [6, 6.07) is 0.0165. The predicted octanol–water partition coefficient (Wildman–Crippen LogP) is -2.08. The highest BCUT2D eigenvalue weighted by Gasteiger charge is 2.24. The van der Waals surface area contributed by atoms with Gasteiger partial charge < -0.3 is 15.5 Å². The lowest BCUT2D eigenvalue weighted by atomic mass is 10.3. The fourth-order valence-corrected chi connectivity index (χ4v) is 1.42. The fraction of sp³-hybridized carbons (Fsp3) is 0.778. The van der Waals surface area contributed by atoms with Crippen molar-refractivity contribution >= 4 is 11.8 Å². The summed E-state index contributed by atoms with van der Waals surface area (Å²) in [6.07, 6.45) is 0. The van der Waals surface area contributed by atoms with Crippen LogP contribution in [0.4, 0.5) is 0 Å². The van der Waals surface area contributed by atoms with E-state index in [9.17, 15) is 9.59 Å². The Morgan fingerprint density at radius 2 is 1.86 bits per heavy atom. The fourth-order valence-electron chi connectivity index (χ4n) is 1.42. The smallest absolute Gasteiger partial charge is 0.312 e. The lowest BCUT2D eigenvalue weighted by Gasteiger charge is -2.24. The van der Waals surface area contributed by atoms with Crippen LogP contribution in [0.25, 0.3) is 0 Å². The molecule has 1 fully saturated rings. The first kappa shape index (κ1) is 11.0. The van der Waals surface area contributed by atoms with E-state index in [0.29, 0.717) is 13.1 Å². The van der Waals surface area contributed by atoms with Crippen molar-refractivity contribution < 1.29 is 14.9 Å². The predicted molar refractivity (Wildman–Crippen MR) is 51.5 cm³/mol. The Morgan fingerprint density at radius 3 is 2.36 bits per heavy atom. The maximum absolute atomic E-state index is 11.5. The molecule has 1 saturated heterocycles. The summed E-state index contributed by atoms with van der Waals surface area (Å²) in [5.41, 5.74) is 0. The third-order valence-corrected chi connectivity index (χ3v) is 2.11. The molecule has 14 heavy (non-hydrogen) atoms. The molecule has 0 radical (unpaired) electrons. The van der Waals surface area contributed by atoms with E-state index in [4.69, 9.17) is 0 Å². The number of carbonyl (C=O) groups is 2. The van der Waals surface area contributed by atoms with Gasteiger partial charge in [0.05, 0.1) is 26.2 Å². The average Bonchev–Trinajstić information content (AvgIpc) is 2.17. The second-order valence-corrected chi connectivity index (χ2v) is 3.79. The second-order valence-electron chi connectivity index (χ2n) is 3.79. The van der Waals surface area contributed by atoms with E-state index < -0.39 is 11.8 Å². The van der Waals surface area contributed by atoms with Crippen LogP contribution in [0.2, 0.25) is 0 Å². The second kappa shape index (κ2) is 4.95. The first-order chi connectivity index (χ1) is 6.61. The van der Waals surface area contributed by atoms with E-state index in [-0.39, 0.29) is 6.04 Å². The van der Waals surface area contributed by atoms with Gasteiger partial charge in [0.25, 0.3) is 0 Å². The van der Waals surface area contributed by atoms with Crippen LogP contribution >= 0.6 is 0 Å². The van der Waals surface area contributed by atoms with Gasteiger partial charge in [-0.2, -0.15) is 0 Å². The summed E-state index contributed by atoms with van der Waals surface area (Å²) in [6.45, 7) is 6.81. The largest absolute Gasteiger partial charge is 0.346 e. The van der Waals surface area contributed by atoms with Gasteiger partial charge in [-0.3, -0.25) is 9.59 Å². The minimum Gasteiger partial charge on any atom is -0.346 e. The molecule has 3 N–H and O–H groups in total. The summed E-state index contributed by atoms with van der Waals surface area (Å²) in [5, 5.41) is 4.74. The zero-order valence-corrected chi connectivity index (χ0v) is 8.75. The van der Waals surface area contributed by atoms with Crippen LogP contribution in [-0.4, -0.2) is 48.9 Å². The number of quaternary nitrogens is 1. The van der Waals surface area contributed by atoms with Crippen LogP contribution in [0.1, 0.15) is 13.8 Å². The molecule has 5 nitrogen and oxygen atoms in total. The zero-order chi connectivity index (χ0) is 10.6. The molecule has 0 atom stereocenters. The molecule has 80 valence electrons. The number of carbonyl (C=O) groups excluding carboxylic acids is 2. The molecule has 0 unspecified atom stereocenters. The molecular formula is C9H18N3O2+. The molecule has 0 aromatic carbocycles. The van der Waals surface area contributed by atoms with Crippen molar-refractivity contribution in [3.8, 4) is 0 Å². The minimum absolute atomic E-state index is 0.0165. The van der Waals surface area contributed by atoms with Gasteiger partial charge >= 0.3 is 11.8 Å². The van der Waals surface area contributed by atoms with Crippen LogP contribution in [0.5, 0.6) is 0 Å². The number of nitrogens with zero attached hydrogens (tertiary/aromatic N) is 1. The zero-order valence-electron chi connectivity index (χ0n) is 8.75. The minimum atomic E-state index is -0.484. The number of piperazine rings is 1. The van der Waals surface area contributed by atoms with Crippen LogP contribution in [-0.2, 0) is 9.59 Å². The van der Waals surface area contributed by atoms with Crippen molar-refractivity contribution in [1.82, 2.24) is 10.2 Å². The summed E-state index contributed by atoms with van der Waals surface area (Å²) >= 11 is 0. The van der Waals surface area contributed by atoms with Crippen molar-refractivity contribution in [2.75, 3.05) is 26.2 Å². The molecule has 2 amide bonds. The van der Waals surface area contributed by atoms with Gasteiger partial charge in [-0.1, -0.05) is 0 Å². The molecule has 1 aliphatic heterocycles. The first-order valence-corrected chi connectivity index (χ1v) is 5.02. The van der Waals surface area contributed by atoms with Gasteiger partial charge in [0.1, 0.15) is 0 Å². The van der Waals surface area contributed by atoms with Gasteiger partial charge in [0.2, 0.25) is 0 Å². The quantitative estimate of drug-likeness (QED) is 0.477. The molecule has 0 aromatic rings. The van der Waals surface area contributed by atoms with E-state index in [0.717, 1.165) is 13.1 Å². The molecule has 0 bridgehead atoms. The summed E-state index contributed by atoms with van der Waals surface area (Å²) < 4.78 is 0. The van der Waals surface area contributed by atoms with Crippen molar-refractivity contribution in [1.29, 1.82) is 0 Å². The monoisotopic (exact) mass is 200 g/mol. The molecular weight excluding hydrogens is 182 g/mol. The summed E-state index contributed by atoms with van der Waals surface area (Å²) in [7, 11) is 0. The van der Waals surface area contributed by atoms with Crippen molar-refractivity contribution in [2.45, 2.75) is 19.9 Å². The standard InChI is InChI=1S/C9H17N3O2/c1-7(2)11-8(13)9(14)12-5-3-10-4-6-12/h7,10H,3-6H2,1-2H3,(H,11,13)/p+1. The lowest BCUT2D eigenvalue weighted by Crippen LogP contribution is -2.90. The number of hydrogen-bond donors (Lipinski definition) is 2.